The zero-order valence-corrected chi connectivity index (χ0v) is 14.9. The number of hydrogen-bond acceptors (Lipinski definition) is 6. The number of carbonyl (C=O) groups is 1. The van der Waals surface area contributed by atoms with Crippen molar-refractivity contribution in [3.63, 3.8) is 0 Å². The maximum absolute atomic E-state index is 12.3. The maximum Gasteiger partial charge on any atom is 0.224 e. The molecule has 0 spiro atoms. The van der Waals surface area contributed by atoms with E-state index in [9.17, 15) is 4.79 Å². The van der Waals surface area contributed by atoms with Crippen LogP contribution in [0.4, 0.5) is 11.5 Å². The lowest BCUT2D eigenvalue weighted by Gasteiger charge is -2.27. The molecule has 0 radical (unpaired) electrons. The van der Waals surface area contributed by atoms with Crippen molar-refractivity contribution in [2.24, 2.45) is 0 Å². The van der Waals surface area contributed by atoms with Gasteiger partial charge in [-0.2, -0.15) is 5.10 Å². The van der Waals surface area contributed by atoms with Crippen molar-refractivity contribution < 1.29 is 9.53 Å². The Kier molecular flexibility index (Phi) is 4.88. The van der Waals surface area contributed by atoms with E-state index in [0.29, 0.717) is 45.1 Å². The monoisotopic (exact) mass is 366 g/mol. The number of fused-ring (bicyclic) bond motifs is 1. The Labute approximate surface area is 156 Å². The highest BCUT2D eigenvalue weighted by Crippen LogP contribution is 2.28. The van der Waals surface area contributed by atoms with Crippen molar-refractivity contribution in [1.29, 1.82) is 0 Å². The normalized spacial score (nSPS) is 14.4. The number of carbonyl (C=O) groups excluding carboxylic acids is 1. The van der Waals surface area contributed by atoms with Gasteiger partial charge in [0.2, 0.25) is 5.91 Å². The third-order valence-corrected chi connectivity index (χ3v) is 4.66. The fourth-order valence-electron chi connectivity index (χ4n) is 3.25. The Morgan fingerprint density at radius 1 is 1.26 bits per heavy atom. The van der Waals surface area contributed by atoms with Gasteiger partial charge in [-0.25, -0.2) is 4.98 Å². The molecule has 1 fully saturated rings. The standard InChI is InChI=1S/C19H22N6O2/c20-18-12-16(21-5-4-19(26)25-7-9-27-10-8-25)14-2-1-13(11-17(14)23-18)15-3-6-22-24-15/h1-3,6,11-12H,4-5,7-10H2,(H,22,24)(H3,20,21,23). The minimum Gasteiger partial charge on any atom is -0.384 e. The third-order valence-electron chi connectivity index (χ3n) is 4.66. The van der Waals surface area contributed by atoms with E-state index < -0.39 is 0 Å². The van der Waals surface area contributed by atoms with Crippen LogP contribution in [0.1, 0.15) is 6.42 Å². The van der Waals surface area contributed by atoms with Gasteiger partial charge in [0.15, 0.2) is 0 Å². The molecule has 0 unspecified atom stereocenters. The van der Waals surface area contributed by atoms with Crippen LogP contribution in [0.5, 0.6) is 0 Å². The molecule has 3 heterocycles. The molecule has 8 nitrogen and oxygen atoms in total. The zero-order chi connectivity index (χ0) is 18.6. The minimum atomic E-state index is 0.138. The summed E-state index contributed by atoms with van der Waals surface area (Å²) in [5.74, 6) is 0.574. The number of nitrogens with two attached hydrogens (primary N) is 1. The maximum atomic E-state index is 12.3. The predicted molar refractivity (Wildman–Crippen MR) is 104 cm³/mol. The fourth-order valence-corrected chi connectivity index (χ4v) is 3.25. The zero-order valence-electron chi connectivity index (χ0n) is 14.9. The molecule has 0 atom stereocenters. The van der Waals surface area contributed by atoms with Crippen LogP contribution in [0, 0.1) is 0 Å². The van der Waals surface area contributed by atoms with Crippen LogP contribution in [0.25, 0.3) is 22.2 Å². The molecule has 1 amide bonds. The molecule has 4 rings (SSSR count). The fraction of sp³-hybridized carbons (Fsp3) is 0.316. The molecule has 1 saturated heterocycles. The van der Waals surface area contributed by atoms with Crippen molar-refractivity contribution in [1.82, 2.24) is 20.1 Å². The molecule has 1 aliphatic heterocycles. The molecule has 3 aromatic rings. The smallest absolute Gasteiger partial charge is 0.224 e. The van der Waals surface area contributed by atoms with Crippen molar-refractivity contribution in [2.75, 3.05) is 43.9 Å². The van der Waals surface area contributed by atoms with Crippen molar-refractivity contribution >= 4 is 28.3 Å². The number of aromatic amines is 1. The molecule has 4 N–H and O–H groups in total. The second-order valence-electron chi connectivity index (χ2n) is 6.47. The van der Waals surface area contributed by atoms with E-state index in [4.69, 9.17) is 10.5 Å². The highest BCUT2D eigenvalue weighted by Gasteiger charge is 2.16. The van der Waals surface area contributed by atoms with Gasteiger partial charge in [-0.1, -0.05) is 12.1 Å². The first-order valence-electron chi connectivity index (χ1n) is 9.00. The lowest BCUT2D eigenvalue weighted by Crippen LogP contribution is -2.41. The van der Waals surface area contributed by atoms with Gasteiger partial charge in [0.25, 0.3) is 0 Å². The third kappa shape index (κ3) is 3.85. The van der Waals surface area contributed by atoms with Gasteiger partial charge in [-0.05, 0) is 12.1 Å². The Balaban J connectivity index is 1.48. The molecule has 0 aliphatic carbocycles. The van der Waals surface area contributed by atoms with Crippen molar-refractivity contribution in [3.8, 4) is 11.3 Å². The Morgan fingerprint density at radius 3 is 2.89 bits per heavy atom. The Morgan fingerprint density at radius 2 is 2.11 bits per heavy atom. The van der Waals surface area contributed by atoms with Gasteiger partial charge in [0.1, 0.15) is 5.82 Å². The minimum absolute atomic E-state index is 0.138. The summed E-state index contributed by atoms with van der Waals surface area (Å²) >= 11 is 0. The van der Waals surface area contributed by atoms with Crippen LogP contribution in [0.3, 0.4) is 0 Å². The van der Waals surface area contributed by atoms with Crippen LogP contribution in [0.2, 0.25) is 0 Å². The number of nitrogens with zero attached hydrogens (tertiary/aromatic N) is 3. The van der Waals surface area contributed by atoms with Gasteiger partial charge in [-0.15, -0.1) is 0 Å². The summed E-state index contributed by atoms with van der Waals surface area (Å²) in [4.78, 5) is 18.6. The predicted octanol–water partition coefficient (Wildman–Crippen LogP) is 1.87. The van der Waals surface area contributed by atoms with Crippen LogP contribution in [0.15, 0.2) is 36.5 Å². The summed E-state index contributed by atoms with van der Waals surface area (Å²) in [6, 6.07) is 9.70. The largest absolute Gasteiger partial charge is 0.384 e. The molecule has 2 aromatic heterocycles. The molecule has 1 aliphatic rings. The summed E-state index contributed by atoms with van der Waals surface area (Å²) in [6.45, 7) is 3.10. The van der Waals surface area contributed by atoms with Gasteiger partial charge >= 0.3 is 0 Å². The van der Waals surface area contributed by atoms with Gasteiger partial charge in [-0.3, -0.25) is 9.89 Å². The molecular weight excluding hydrogens is 344 g/mol. The molecular formula is C19H22N6O2. The number of nitrogens with one attached hydrogen (secondary N) is 2. The molecule has 0 saturated carbocycles. The second kappa shape index (κ2) is 7.63. The van der Waals surface area contributed by atoms with Crippen LogP contribution < -0.4 is 11.1 Å². The van der Waals surface area contributed by atoms with E-state index in [-0.39, 0.29) is 5.91 Å². The number of aromatic nitrogens is 3. The number of rotatable bonds is 5. The van der Waals surface area contributed by atoms with E-state index >= 15 is 0 Å². The van der Waals surface area contributed by atoms with E-state index in [1.54, 1.807) is 12.3 Å². The summed E-state index contributed by atoms with van der Waals surface area (Å²) < 4.78 is 5.28. The average molecular weight is 366 g/mol. The lowest BCUT2D eigenvalue weighted by atomic mass is 10.1. The first kappa shape index (κ1) is 17.3. The number of pyridine rings is 1. The number of H-pyrrole nitrogens is 1. The number of hydrogen-bond donors (Lipinski definition) is 3. The number of ether oxygens (including phenoxy) is 1. The van der Waals surface area contributed by atoms with Gasteiger partial charge < -0.3 is 20.7 Å². The van der Waals surface area contributed by atoms with E-state index in [2.05, 4.69) is 20.5 Å². The van der Waals surface area contributed by atoms with Gasteiger partial charge in [0, 0.05) is 55.0 Å². The summed E-state index contributed by atoms with van der Waals surface area (Å²) in [5, 5.41) is 11.2. The Hall–Kier alpha value is -3.13. The highest BCUT2D eigenvalue weighted by molar-refractivity contribution is 5.95. The number of nitrogen functional groups attached to an aromatic ring is 1. The SMILES string of the molecule is Nc1cc(NCCC(=O)N2CCOCC2)c2ccc(-c3ccn[nH]3)cc2n1. The number of morpholine rings is 1. The second-order valence-corrected chi connectivity index (χ2v) is 6.47. The first-order chi connectivity index (χ1) is 13.2. The highest BCUT2D eigenvalue weighted by atomic mass is 16.5. The summed E-state index contributed by atoms with van der Waals surface area (Å²) in [7, 11) is 0. The van der Waals surface area contributed by atoms with E-state index in [1.165, 1.54) is 0 Å². The molecule has 8 heteroatoms. The van der Waals surface area contributed by atoms with Crippen LogP contribution in [-0.4, -0.2) is 58.8 Å². The van der Waals surface area contributed by atoms with Crippen LogP contribution in [-0.2, 0) is 9.53 Å². The quantitative estimate of drug-likeness (QED) is 0.636. The molecule has 0 bridgehead atoms. The Bertz CT molecular complexity index is 935. The summed E-state index contributed by atoms with van der Waals surface area (Å²) in [5.41, 5.74) is 9.57. The topological polar surface area (TPSA) is 109 Å². The van der Waals surface area contributed by atoms with Crippen molar-refractivity contribution in [3.05, 3.63) is 36.5 Å². The number of amides is 1. The average Bonchev–Trinajstić information content (AvgIpc) is 3.23. The molecule has 27 heavy (non-hydrogen) atoms. The van der Waals surface area contributed by atoms with E-state index in [0.717, 1.165) is 27.8 Å². The number of anilines is 2. The van der Waals surface area contributed by atoms with Crippen LogP contribution >= 0.6 is 0 Å². The van der Waals surface area contributed by atoms with Crippen molar-refractivity contribution in [2.45, 2.75) is 6.42 Å². The number of benzene rings is 1. The first-order valence-corrected chi connectivity index (χ1v) is 9.00. The lowest BCUT2D eigenvalue weighted by molar-refractivity contribution is -0.134. The molecule has 140 valence electrons. The summed E-state index contributed by atoms with van der Waals surface area (Å²) in [6.07, 6.45) is 2.14. The van der Waals surface area contributed by atoms with Gasteiger partial charge in [0.05, 0.1) is 24.4 Å². The molecule has 1 aromatic carbocycles. The van der Waals surface area contributed by atoms with E-state index in [1.807, 2.05) is 29.2 Å².